The second-order valence-electron chi connectivity index (χ2n) is 7.63. The van der Waals surface area contributed by atoms with Crippen molar-refractivity contribution >= 4 is 11.5 Å². The summed E-state index contributed by atoms with van der Waals surface area (Å²) in [4.78, 5) is 4.41. The number of aromatic nitrogens is 6. The first-order chi connectivity index (χ1) is 15.1. The van der Waals surface area contributed by atoms with E-state index in [0.29, 0.717) is 22.7 Å². The van der Waals surface area contributed by atoms with Gasteiger partial charge < -0.3 is 15.2 Å². The summed E-state index contributed by atoms with van der Waals surface area (Å²) < 4.78 is 22.6. The van der Waals surface area contributed by atoms with Gasteiger partial charge in [-0.2, -0.15) is 0 Å². The van der Waals surface area contributed by atoms with E-state index in [1.165, 1.54) is 18.2 Å². The van der Waals surface area contributed by atoms with Gasteiger partial charge in [-0.15, -0.1) is 10.2 Å². The lowest BCUT2D eigenvalue weighted by Crippen LogP contribution is -2.19. The van der Waals surface area contributed by atoms with Gasteiger partial charge in [-0.05, 0) is 50.1 Å². The number of fused-ring (bicyclic) bond motifs is 1. The van der Waals surface area contributed by atoms with E-state index >= 15 is 0 Å². The maximum absolute atomic E-state index is 13.6. The fraction of sp³-hybridized carbons (Fsp3) is 0.333. The Labute approximate surface area is 177 Å². The summed E-state index contributed by atoms with van der Waals surface area (Å²) in [6, 6.07) is 7.41. The normalized spacial score (nSPS) is 15.9. The lowest BCUT2D eigenvalue weighted by molar-refractivity contribution is 0.0657. The van der Waals surface area contributed by atoms with Crippen LogP contribution in [0.4, 0.5) is 10.2 Å². The van der Waals surface area contributed by atoms with Crippen LogP contribution in [0.3, 0.4) is 0 Å². The number of hydrogen-bond acceptors (Lipinski definition) is 7. The number of halogens is 1. The van der Waals surface area contributed by atoms with Gasteiger partial charge in [-0.25, -0.2) is 18.6 Å². The van der Waals surface area contributed by atoms with E-state index in [2.05, 4.69) is 25.7 Å². The molecule has 0 amide bonds. The Morgan fingerprint density at radius 1 is 1.23 bits per heavy atom. The number of hydrogen-bond donors (Lipinski definition) is 2. The van der Waals surface area contributed by atoms with Gasteiger partial charge >= 0.3 is 0 Å². The molecule has 0 radical (unpaired) electrons. The predicted molar refractivity (Wildman–Crippen MR) is 111 cm³/mol. The third kappa shape index (κ3) is 3.81. The van der Waals surface area contributed by atoms with Crippen molar-refractivity contribution in [3.8, 4) is 17.1 Å². The Hall–Kier alpha value is -3.53. The quantitative estimate of drug-likeness (QED) is 0.507. The number of phenolic OH excluding ortho intramolecular Hbond substituents is 1. The van der Waals surface area contributed by atoms with Crippen LogP contribution in [0.5, 0.6) is 5.75 Å². The molecule has 0 saturated carbocycles. The fourth-order valence-electron chi connectivity index (χ4n) is 3.82. The minimum absolute atomic E-state index is 0.0236. The van der Waals surface area contributed by atoms with Crippen molar-refractivity contribution in [2.45, 2.75) is 31.8 Å². The zero-order valence-corrected chi connectivity index (χ0v) is 16.9. The molecular formula is C21H22FN7O2. The molecule has 1 saturated heterocycles. The van der Waals surface area contributed by atoms with Crippen LogP contribution in [0.2, 0.25) is 0 Å². The van der Waals surface area contributed by atoms with Crippen LogP contribution >= 0.6 is 0 Å². The minimum Gasteiger partial charge on any atom is -0.508 e. The Kier molecular flexibility index (Phi) is 4.99. The van der Waals surface area contributed by atoms with Crippen LogP contribution < -0.4 is 5.32 Å². The molecule has 0 bridgehead atoms. The first-order valence-electron chi connectivity index (χ1n) is 10.2. The molecule has 10 heteroatoms. The molecule has 4 heterocycles. The topological polar surface area (TPSA) is 102 Å². The molecule has 160 valence electrons. The standard InChI is InChI=1S/C21H22FN7O2/c1-13(16-10-14(22)2-3-19(16)30)24-20-4-5-21-23-11-18(29(21)26-20)17-12-28(27-25-17)15-6-8-31-9-7-15/h2-5,10-13,15,30H,6-9H2,1H3,(H,24,26)/t13-/m1/s1. The SMILES string of the molecule is C[C@@H](Nc1ccc2ncc(-c3cn(C4CCOCC4)nn3)n2n1)c1cc(F)ccc1O. The molecule has 0 spiro atoms. The molecule has 31 heavy (non-hydrogen) atoms. The number of anilines is 1. The maximum atomic E-state index is 13.6. The predicted octanol–water partition coefficient (Wildman–Crippen LogP) is 3.36. The van der Waals surface area contributed by atoms with E-state index in [4.69, 9.17) is 4.74 Å². The van der Waals surface area contributed by atoms with Crippen molar-refractivity contribution in [1.29, 1.82) is 0 Å². The van der Waals surface area contributed by atoms with E-state index in [0.717, 1.165) is 31.7 Å². The van der Waals surface area contributed by atoms with Gasteiger partial charge in [0, 0.05) is 18.8 Å². The van der Waals surface area contributed by atoms with Crippen molar-refractivity contribution in [2.75, 3.05) is 18.5 Å². The highest BCUT2D eigenvalue weighted by Crippen LogP contribution is 2.28. The average Bonchev–Trinajstić information content (AvgIpc) is 3.43. The summed E-state index contributed by atoms with van der Waals surface area (Å²) >= 11 is 0. The van der Waals surface area contributed by atoms with E-state index in [9.17, 15) is 9.50 Å². The smallest absolute Gasteiger partial charge is 0.154 e. The second-order valence-corrected chi connectivity index (χ2v) is 7.63. The Balaban J connectivity index is 1.42. The van der Waals surface area contributed by atoms with Crippen LogP contribution in [0.1, 0.15) is 37.4 Å². The summed E-state index contributed by atoms with van der Waals surface area (Å²) in [6.07, 6.45) is 5.45. The zero-order valence-electron chi connectivity index (χ0n) is 16.9. The molecule has 0 unspecified atom stereocenters. The van der Waals surface area contributed by atoms with Gasteiger partial charge in [0.2, 0.25) is 0 Å². The van der Waals surface area contributed by atoms with Crippen LogP contribution in [-0.2, 0) is 4.74 Å². The van der Waals surface area contributed by atoms with Crippen LogP contribution in [0.25, 0.3) is 17.0 Å². The molecular weight excluding hydrogens is 401 g/mol. The molecule has 4 aromatic rings. The first-order valence-corrected chi connectivity index (χ1v) is 10.2. The van der Waals surface area contributed by atoms with Crippen LogP contribution in [-0.4, -0.2) is 47.9 Å². The highest BCUT2D eigenvalue weighted by molar-refractivity contribution is 5.59. The molecule has 1 aliphatic rings. The Morgan fingerprint density at radius 3 is 2.90 bits per heavy atom. The number of imidazole rings is 1. The highest BCUT2D eigenvalue weighted by Gasteiger charge is 2.19. The molecule has 1 atom stereocenters. The number of nitrogens with one attached hydrogen (secondary N) is 1. The third-order valence-corrected chi connectivity index (χ3v) is 5.52. The van der Waals surface area contributed by atoms with E-state index in [1.54, 1.807) is 16.8 Å². The van der Waals surface area contributed by atoms with Crippen molar-refractivity contribution < 1.29 is 14.2 Å². The van der Waals surface area contributed by atoms with Gasteiger partial charge in [-0.3, -0.25) is 0 Å². The number of ether oxygens (including phenoxy) is 1. The zero-order chi connectivity index (χ0) is 21.4. The first kappa shape index (κ1) is 19.4. The molecule has 1 aromatic carbocycles. The van der Waals surface area contributed by atoms with Gasteiger partial charge in [0.25, 0.3) is 0 Å². The molecule has 3 aromatic heterocycles. The summed E-state index contributed by atoms with van der Waals surface area (Å²) in [6.45, 7) is 3.28. The van der Waals surface area contributed by atoms with Crippen molar-refractivity contribution in [3.63, 3.8) is 0 Å². The minimum atomic E-state index is -0.408. The number of benzene rings is 1. The highest BCUT2D eigenvalue weighted by atomic mass is 19.1. The molecule has 5 rings (SSSR count). The largest absolute Gasteiger partial charge is 0.508 e. The van der Waals surface area contributed by atoms with Crippen LogP contribution in [0.15, 0.2) is 42.7 Å². The molecule has 0 aliphatic carbocycles. The van der Waals surface area contributed by atoms with Crippen molar-refractivity contribution in [1.82, 2.24) is 29.6 Å². The van der Waals surface area contributed by atoms with E-state index < -0.39 is 5.82 Å². The van der Waals surface area contributed by atoms with Gasteiger partial charge in [-0.1, -0.05) is 5.21 Å². The molecule has 1 fully saturated rings. The van der Waals surface area contributed by atoms with Crippen molar-refractivity contribution in [3.05, 3.63) is 54.1 Å². The fourth-order valence-corrected chi connectivity index (χ4v) is 3.82. The summed E-state index contributed by atoms with van der Waals surface area (Å²) in [5.74, 6) is 0.171. The van der Waals surface area contributed by atoms with E-state index in [1.807, 2.05) is 23.9 Å². The molecule has 2 N–H and O–H groups in total. The lowest BCUT2D eigenvalue weighted by atomic mass is 10.1. The third-order valence-electron chi connectivity index (χ3n) is 5.52. The maximum Gasteiger partial charge on any atom is 0.154 e. The van der Waals surface area contributed by atoms with Gasteiger partial charge in [0.05, 0.1) is 24.5 Å². The monoisotopic (exact) mass is 423 g/mol. The number of nitrogens with zero attached hydrogens (tertiary/aromatic N) is 6. The average molecular weight is 423 g/mol. The molecule has 9 nitrogen and oxygen atoms in total. The number of phenols is 1. The second kappa shape index (κ2) is 7.95. The van der Waals surface area contributed by atoms with E-state index in [-0.39, 0.29) is 17.8 Å². The summed E-state index contributed by atoms with van der Waals surface area (Å²) in [7, 11) is 0. The van der Waals surface area contributed by atoms with Crippen LogP contribution in [0, 0.1) is 5.82 Å². The van der Waals surface area contributed by atoms with Gasteiger partial charge in [0.15, 0.2) is 5.65 Å². The summed E-state index contributed by atoms with van der Waals surface area (Å²) in [5, 5.41) is 26.5. The van der Waals surface area contributed by atoms with Crippen molar-refractivity contribution in [2.24, 2.45) is 0 Å². The Bertz CT molecular complexity index is 1220. The Morgan fingerprint density at radius 2 is 2.06 bits per heavy atom. The number of rotatable bonds is 5. The number of aromatic hydroxyl groups is 1. The molecule has 1 aliphatic heterocycles. The summed E-state index contributed by atoms with van der Waals surface area (Å²) in [5.41, 5.74) is 2.52. The van der Waals surface area contributed by atoms with Gasteiger partial charge in [0.1, 0.15) is 28.8 Å². The lowest BCUT2D eigenvalue weighted by Gasteiger charge is -2.21.